The summed E-state index contributed by atoms with van der Waals surface area (Å²) in [6.45, 7) is 2.65. The van der Waals surface area contributed by atoms with Crippen LogP contribution in [-0.4, -0.2) is 50.2 Å². The van der Waals surface area contributed by atoms with E-state index >= 15 is 0 Å². The van der Waals surface area contributed by atoms with E-state index in [1.165, 1.54) is 12.0 Å². The summed E-state index contributed by atoms with van der Waals surface area (Å²) in [5.41, 5.74) is 1.23. The smallest absolute Gasteiger partial charge is 0.202 e. The number of aryl methyl sites for hydroxylation is 3. The van der Waals surface area contributed by atoms with Crippen molar-refractivity contribution in [2.24, 2.45) is 13.0 Å². The molecule has 0 aliphatic carbocycles. The molecule has 2 aromatic heterocycles. The molecule has 0 saturated carbocycles. The number of hydrogen-bond donors (Lipinski definition) is 0. The number of carbonyl (C=O) groups excluding carboxylic acids is 1. The van der Waals surface area contributed by atoms with Crippen molar-refractivity contribution in [1.29, 1.82) is 0 Å². The van der Waals surface area contributed by atoms with Crippen LogP contribution in [0.5, 0.6) is 0 Å². The first-order valence-electron chi connectivity index (χ1n) is 7.86. The Kier molecular flexibility index (Phi) is 4.38. The number of rotatable bonds is 5. The molecule has 0 atom stereocenters. The van der Waals surface area contributed by atoms with E-state index < -0.39 is 0 Å². The number of hydrogen-bond acceptors (Lipinski definition) is 4. The average molecular weight is 301 g/mol. The Morgan fingerprint density at radius 3 is 2.77 bits per heavy atom. The van der Waals surface area contributed by atoms with Crippen LogP contribution in [-0.2, 0) is 20.0 Å². The van der Waals surface area contributed by atoms with E-state index in [0.29, 0.717) is 12.4 Å². The van der Waals surface area contributed by atoms with Crippen LogP contribution >= 0.6 is 0 Å². The van der Waals surface area contributed by atoms with Crippen molar-refractivity contribution in [3.05, 3.63) is 36.2 Å². The number of piperidine rings is 1. The van der Waals surface area contributed by atoms with E-state index in [4.69, 9.17) is 0 Å². The molecule has 0 amide bonds. The van der Waals surface area contributed by atoms with Gasteiger partial charge in [0.2, 0.25) is 5.78 Å². The predicted octanol–water partition coefficient (Wildman–Crippen LogP) is 1.38. The molecule has 2 aromatic rings. The second kappa shape index (κ2) is 6.44. The molecular formula is C16H23N5O. The Morgan fingerprint density at radius 1 is 1.32 bits per heavy atom. The quantitative estimate of drug-likeness (QED) is 0.783. The zero-order chi connectivity index (χ0) is 15.5. The molecule has 22 heavy (non-hydrogen) atoms. The first kappa shape index (κ1) is 15.0. The molecule has 0 radical (unpaired) electrons. The lowest BCUT2D eigenvalue weighted by Gasteiger charge is -2.27. The van der Waals surface area contributed by atoms with Gasteiger partial charge >= 0.3 is 0 Å². The fourth-order valence-electron chi connectivity index (χ4n) is 3.05. The Balaban J connectivity index is 1.66. The van der Waals surface area contributed by atoms with Crippen LogP contribution in [0.3, 0.4) is 0 Å². The van der Waals surface area contributed by atoms with E-state index in [-0.39, 0.29) is 11.7 Å². The molecule has 6 nitrogen and oxygen atoms in total. The second-order valence-electron chi connectivity index (χ2n) is 6.11. The van der Waals surface area contributed by atoms with Crippen molar-refractivity contribution >= 4 is 5.78 Å². The minimum absolute atomic E-state index is 0.0918. The van der Waals surface area contributed by atoms with Crippen molar-refractivity contribution in [3.63, 3.8) is 0 Å². The van der Waals surface area contributed by atoms with E-state index in [2.05, 4.69) is 32.7 Å². The number of Topliss-reactive ketones (excluding diaryl/α,β-unsaturated/α-hetero) is 1. The minimum atomic E-state index is 0.0918. The van der Waals surface area contributed by atoms with Gasteiger partial charge in [-0.15, -0.1) is 0 Å². The molecule has 1 saturated heterocycles. The van der Waals surface area contributed by atoms with Gasteiger partial charge in [0.1, 0.15) is 6.33 Å². The van der Waals surface area contributed by atoms with Gasteiger partial charge in [-0.05, 0) is 45.1 Å². The van der Waals surface area contributed by atoms with Gasteiger partial charge in [0.05, 0.1) is 0 Å². The third-order valence-electron chi connectivity index (χ3n) is 4.56. The summed E-state index contributed by atoms with van der Waals surface area (Å²) in [5, 5.41) is 4.24. The van der Waals surface area contributed by atoms with Gasteiger partial charge in [-0.3, -0.25) is 4.79 Å². The van der Waals surface area contributed by atoms with Crippen LogP contribution in [0.1, 0.15) is 29.2 Å². The summed E-state index contributed by atoms with van der Waals surface area (Å²) in [7, 11) is 4.13. The molecular weight excluding hydrogens is 278 g/mol. The predicted molar refractivity (Wildman–Crippen MR) is 83.7 cm³/mol. The maximum Gasteiger partial charge on any atom is 0.202 e. The van der Waals surface area contributed by atoms with Crippen molar-refractivity contribution in [1.82, 2.24) is 24.2 Å². The summed E-state index contributed by atoms with van der Waals surface area (Å²) in [4.78, 5) is 19.2. The molecule has 0 bridgehead atoms. The molecule has 3 rings (SSSR count). The van der Waals surface area contributed by atoms with Crippen LogP contribution in [0.25, 0.3) is 0 Å². The Morgan fingerprint density at radius 2 is 2.09 bits per heavy atom. The highest BCUT2D eigenvalue weighted by Crippen LogP contribution is 2.20. The van der Waals surface area contributed by atoms with Gasteiger partial charge in [-0.2, -0.15) is 5.10 Å². The van der Waals surface area contributed by atoms with Crippen LogP contribution < -0.4 is 0 Å². The Hall–Kier alpha value is -1.95. The molecule has 0 unspecified atom stereocenters. The molecule has 0 aromatic carbocycles. The van der Waals surface area contributed by atoms with Crippen molar-refractivity contribution in [3.8, 4) is 0 Å². The molecule has 6 heteroatoms. The van der Waals surface area contributed by atoms with Gasteiger partial charge in [0.25, 0.3) is 0 Å². The van der Waals surface area contributed by atoms with Crippen molar-refractivity contribution < 1.29 is 4.79 Å². The largest absolute Gasteiger partial charge is 0.354 e. The number of nitrogens with zero attached hydrogens (tertiary/aromatic N) is 5. The summed E-state index contributed by atoms with van der Waals surface area (Å²) in [5.74, 6) is 0.760. The molecule has 1 aliphatic heterocycles. The monoisotopic (exact) mass is 301 g/mol. The highest BCUT2D eigenvalue weighted by Gasteiger charge is 2.27. The zero-order valence-corrected chi connectivity index (χ0v) is 13.3. The van der Waals surface area contributed by atoms with E-state index in [0.717, 1.165) is 32.4 Å². The number of ketones is 1. The summed E-state index contributed by atoms with van der Waals surface area (Å²) in [6.07, 6.45) is 6.20. The van der Waals surface area contributed by atoms with Crippen LogP contribution in [0.2, 0.25) is 0 Å². The maximum atomic E-state index is 12.7. The second-order valence-corrected chi connectivity index (χ2v) is 6.11. The number of aromatic nitrogens is 4. The first-order valence-corrected chi connectivity index (χ1v) is 7.86. The summed E-state index contributed by atoms with van der Waals surface area (Å²) >= 11 is 0. The fraction of sp³-hybridized carbons (Fsp3) is 0.562. The SMILES string of the molecule is CN1CCC(C(=O)c2ncnn2CCc2cccn2C)CC1. The topological polar surface area (TPSA) is 56.0 Å². The van der Waals surface area contributed by atoms with Gasteiger partial charge in [0.15, 0.2) is 5.82 Å². The normalized spacial score (nSPS) is 17.0. The van der Waals surface area contributed by atoms with E-state index in [1.807, 2.05) is 19.3 Å². The first-order chi connectivity index (χ1) is 10.6. The molecule has 0 spiro atoms. The lowest BCUT2D eigenvalue weighted by Crippen LogP contribution is -2.34. The molecule has 1 aliphatic rings. The minimum Gasteiger partial charge on any atom is -0.354 e. The molecule has 3 heterocycles. The molecule has 1 fully saturated rings. The number of likely N-dealkylation sites (tertiary alicyclic amines) is 1. The lowest BCUT2D eigenvalue weighted by molar-refractivity contribution is 0.0839. The highest BCUT2D eigenvalue weighted by atomic mass is 16.1. The van der Waals surface area contributed by atoms with Gasteiger partial charge in [-0.25, -0.2) is 9.67 Å². The van der Waals surface area contributed by atoms with E-state index in [1.54, 1.807) is 4.68 Å². The van der Waals surface area contributed by atoms with Gasteiger partial charge < -0.3 is 9.47 Å². The lowest BCUT2D eigenvalue weighted by atomic mass is 9.92. The van der Waals surface area contributed by atoms with Crippen molar-refractivity contribution in [2.75, 3.05) is 20.1 Å². The zero-order valence-electron chi connectivity index (χ0n) is 13.3. The standard InChI is InChI=1S/C16H23N5O/c1-19-9-5-13(6-10-19)15(22)16-17-12-18-21(16)11-7-14-4-3-8-20(14)2/h3-4,8,12-13H,5-7,9-11H2,1-2H3. The molecule has 0 N–H and O–H groups in total. The number of carbonyl (C=O) groups is 1. The summed E-state index contributed by atoms with van der Waals surface area (Å²) < 4.78 is 3.85. The van der Waals surface area contributed by atoms with E-state index in [9.17, 15) is 4.79 Å². The van der Waals surface area contributed by atoms with Crippen LogP contribution in [0, 0.1) is 5.92 Å². The fourth-order valence-corrected chi connectivity index (χ4v) is 3.05. The Labute approximate surface area is 130 Å². The third kappa shape index (κ3) is 3.11. The maximum absolute atomic E-state index is 12.7. The van der Waals surface area contributed by atoms with Gasteiger partial charge in [-0.1, -0.05) is 0 Å². The van der Waals surface area contributed by atoms with Crippen LogP contribution in [0.4, 0.5) is 0 Å². The van der Waals surface area contributed by atoms with Crippen molar-refractivity contribution in [2.45, 2.75) is 25.8 Å². The average Bonchev–Trinajstić information content (AvgIpc) is 3.14. The summed E-state index contributed by atoms with van der Waals surface area (Å²) in [6, 6.07) is 4.12. The van der Waals surface area contributed by atoms with Gasteiger partial charge in [0, 0.05) is 37.8 Å². The highest BCUT2D eigenvalue weighted by molar-refractivity contribution is 5.94. The Bertz CT molecular complexity index is 637. The van der Waals surface area contributed by atoms with Crippen LogP contribution in [0.15, 0.2) is 24.7 Å². The third-order valence-corrected chi connectivity index (χ3v) is 4.56. The molecule has 118 valence electrons.